The first-order valence-electron chi connectivity index (χ1n) is 21.6. The van der Waals surface area contributed by atoms with Gasteiger partial charge < -0.3 is 9.47 Å². The van der Waals surface area contributed by atoms with Crippen LogP contribution < -0.4 is 4.90 Å². The summed E-state index contributed by atoms with van der Waals surface area (Å²) in [5, 5.41) is 10.2. The largest absolute Gasteiger partial charge is 0.334 e. The van der Waals surface area contributed by atoms with Crippen molar-refractivity contribution in [3.05, 3.63) is 242 Å². The molecule has 0 spiro atoms. The molecule has 1 aromatic heterocycles. The molecule has 62 heavy (non-hydrogen) atoms. The smallest absolute Gasteiger partial charge is 0.0566 e. The zero-order valence-electron chi connectivity index (χ0n) is 34.2. The van der Waals surface area contributed by atoms with E-state index in [0.717, 1.165) is 12.1 Å². The molecule has 2 nitrogen and oxygen atoms in total. The molecule has 10 aromatic carbocycles. The number of para-hydroxylation sites is 3. The lowest BCUT2D eigenvalue weighted by atomic mass is 9.86. The number of hydrogen-bond donors (Lipinski definition) is 0. The number of aromatic nitrogens is 1. The van der Waals surface area contributed by atoms with E-state index in [1.807, 2.05) is 0 Å². The Bertz CT molecular complexity index is 3540. The Morgan fingerprint density at radius 1 is 0.435 bits per heavy atom. The Balaban J connectivity index is 1.03. The second-order valence-electron chi connectivity index (χ2n) is 16.4. The summed E-state index contributed by atoms with van der Waals surface area (Å²) in [5.41, 5.74) is 13.5. The number of benzene rings is 10. The van der Waals surface area contributed by atoms with Crippen LogP contribution >= 0.6 is 0 Å². The van der Waals surface area contributed by atoms with Crippen molar-refractivity contribution in [2.24, 2.45) is 0 Å². The lowest BCUT2D eigenvalue weighted by molar-refractivity contribution is 0.797. The average molecular weight is 791 g/mol. The highest BCUT2D eigenvalue weighted by Gasteiger charge is 2.28. The maximum Gasteiger partial charge on any atom is 0.0566 e. The molecule has 0 N–H and O–H groups in total. The SMILES string of the molecule is C1=CC(N(c2ccc(-c3cc4ccccc4c4ccccc34)cc2)c2ccccc2-c2ccccc2)CC(c2c3ccccc3cc3c2c2ccccc2n3-c2ccccc2)=C1. The molecule has 1 atom stereocenters. The third-order valence-electron chi connectivity index (χ3n) is 12.9. The van der Waals surface area contributed by atoms with Gasteiger partial charge in [0.05, 0.1) is 17.1 Å². The molecule has 0 saturated heterocycles. The van der Waals surface area contributed by atoms with Crippen LogP contribution in [0.1, 0.15) is 12.0 Å². The first kappa shape index (κ1) is 36.0. The molecule has 1 heterocycles. The minimum atomic E-state index is 0.0312. The summed E-state index contributed by atoms with van der Waals surface area (Å²) in [6.45, 7) is 0. The van der Waals surface area contributed by atoms with Gasteiger partial charge in [0, 0.05) is 33.4 Å². The Morgan fingerprint density at radius 3 is 1.82 bits per heavy atom. The lowest BCUT2D eigenvalue weighted by Crippen LogP contribution is -2.31. The normalized spacial score (nSPS) is 13.9. The summed E-state index contributed by atoms with van der Waals surface area (Å²) in [6, 6.07) is 80.0. The molecule has 1 aliphatic rings. The maximum absolute atomic E-state index is 2.57. The van der Waals surface area contributed by atoms with Crippen molar-refractivity contribution < 1.29 is 0 Å². The van der Waals surface area contributed by atoms with Crippen LogP contribution in [0, 0.1) is 0 Å². The average Bonchev–Trinajstić information content (AvgIpc) is 3.68. The Kier molecular flexibility index (Phi) is 8.67. The van der Waals surface area contributed by atoms with Crippen molar-refractivity contribution in [3.63, 3.8) is 0 Å². The van der Waals surface area contributed by atoms with Crippen molar-refractivity contribution >= 4 is 71.1 Å². The monoisotopic (exact) mass is 790 g/mol. The minimum absolute atomic E-state index is 0.0312. The summed E-state index contributed by atoms with van der Waals surface area (Å²) in [6.07, 6.45) is 7.87. The van der Waals surface area contributed by atoms with Crippen molar-refractivity contribution in [2.45, 2.75) is 12.5 Å². The van der Waals surface area contributed by atoms with E-state index >= 15 is 0 Å². The summed E-state index contributed by atoms with van der Waals surface area (Å²) in [4.78, 5) is 2.57. The summed E-state index contributed by atoms with van der Waals surface area (Å²) in [7, 11) is 0. The van der Waals surface area contributed by atoms with Gasteiger partial charge in [-0.15, -0.1) is 0 Å². The summed E-state index contributed by atoms with van der Waals surface area (Å²) < 4.78 is 2.44. The van der Waals surface area contributed by atoms with Gasteiger partial charge in [-0.05, 0) is 115 Å². The van der Waals surface area contributed by atoms with Crippen molar-refractivity contribution in [2.75, 3.05) is 4.90 Å². The van der Waals surface area contributed by atoms with Crippen LogP contribution in [-0.4, -0.2) is 10.6 Å². The molecule has 0 amide bonds. The van der Waals surface area contributed by atoms with Gasteiger partial charge in [-0.3, -0.25) is 0 Å². The molecule has 11 aromatic rings. The fourth-order valence-corrected chi connectivity index (χ4v) is 10.2. The van der Waals surface area contributed by atoms with E-state index in [-0.39, 0.29) is 6.04 Å². The first-order valence-corrected chi connectivity index (χ1v) is 21.6. The third-order valence-corrected chi connectivity index (χ3v) is 12.9. The van der Waals surface area contributed by atoms with Crippen LogP contribution in [-0.2, 0) is 0 Å². The van der Waals surface area contributed by atoms with Crippen molar-refractivity contribution in [1.29, 1.82) is 0 Å². The highest BCUT2D eigenvalue weighted by atomic mass is 15.2. The molecule has 0 bridgehead atoms. The van der Waals surface area contributed by atoms with Crippen LogP contribution in [0.4, 0.5) is 11.4 Å². The van der Waals surface area contributed by atoms with E-state index in [4.69, 9.17) is 0 Å². The number of rotatable bonds is 7. The topological polar surface area (TPSA) is 8.17 Å². The molecule has 2 heteroatoms. The number of anilines is 2. The van der Waals surface area contributed by atoms with E-state index in [1.54, 1.807) is 0 Å². The van der Waals surface area contributed by atoms with E-state index < -0.39 is 0 Å². The van der Waals surface area contributed by atoms with Gasteiger partial charge in [0.15, 0.2) is 0 Å². The lowest BCUT2D eigenvalue weighted by Gasteiger charge is -2.36. The zero-order valence-corrected chi connectivity index (χ0v) is 34.2. The first-order chi connectivity index (χ1) is 30.8. The third kappa shape index (κ3) is 5.95. The molecule has 12 rings (SSSR count). The quantitative estimate of drug-likeness (QED) is 0.146. The Hall–Kier alpha value is -7.94. The molecule has 0 fully saturated rings. The van der Waals surface area contributed by atoms with E-state index in [0.29, 0.717) is 0 Å². The van der Waals surface area contributed by atoms with Crippen LogP contribution in [0.2, 0.25) is 0 Å². The fourth-order valence-electron chi connectivity index (χ4n) is 10.2. The predicted octanol–water partition coefficient (Wildman–Crippen LogP) is 16.1. The molecular formula is C60H42N2. The maximum atomic E-state index is 2.57. The van der Waals surface area contributed by atoms with Gasteiger partial charge in [0.2, 0.25) is 0 Å². The summed E-state index contributed by atoms with van der Waals surface area (Å²) >= 11 is 0. The molecule has 0 saturated carbocycles. The van der Waals surface area contributed by atoms with E-state index in [9.17, 15) is 0 Å². The van der Waals surface area contributed by atoms with E-state index in [1.165, 1.54) is 98.9 Å². The molecular weight excluding hydrogens is 749 g/mol. The van der Waals surface area contributed by atoms with Crippen LogP contribution in [0.5, 0.6) is 0 Å². The molecule has 0 radical (unpaired) electrons. The van der Waals surface area contributed by atoms with Crippen LogP contribution in [0.3, 0.4) is 0 Å². The number of allylic oxidation sites excluding steroid dienone is 2. The Labute approximate surface area is 361 Å². The predicted molar refractivity (Wildman–Crippen MR) is 265 cm³/mol. The number of hydrogen-bond acceptors (Lipinski definition) is 1. The molecule has 292 valence electrons. The number of fused-ring (bicyclic) bond motifs is 7. The van der Waals surface area contributed by atoms with Gasteiger partial charge in [0.25, 0.3) is 0 Å². The molecule has 0 aliphatic heterocycles. The van der Waals surface area contributed by atoms with E-state index in [2.05, 4.69) is 246 Å². The van der Waals surface area contributed by atoms with Gasteiger partial charge >= 0.3 is 0 Å². The van der Waals surface area contributed by atoms with Crippen LogP contribution in [0.25, 0.3) is 87.6 Å². The molecule has 1 unspecified atom stereocenters. The van der Waals surface area contributed by atoms with Crippen molar-refractivity contribution in [1.82, 2.24) is 4.57 Å². The minimum Gasteiger partial charge on any atom is -0.334 e. The highest BCUT2D eigenvalue weighted by Crippen LogP contribution is 2.46. The van der Waals surface area contributed by atoms with Crippen molar-refractivity contribution in [3.8, 4) is 27.9 Å². The van der Waals surface area contributed by atoms with Gasteiger partial charge in [-0.1, -0.05) is 188 Å². The zero-order chi connectivity index (χ0) is 41.0. The second kappa shape index (κ2) is 15.0. The van der Waals surface area contributed by atoms with Gasteiger partial charge in [0.1, 0.15) is 0 Å². The van der Waals surface area contributed by atoms with Gasteiger partial charge in [-0.25, -0.2) is 0 Å². The number of nitrogens with zero attached hydrogens (tertiary/aromatic N) is 2. The van der Waals surface area contributed by atoms with Crippen LogP contribution in [0.15, 0.2) is 237 Å². The highest BCUT2D eigenvalue weighted by molar-refractivity contribution is 6.20. The molecule has 1 aliphatic carbocycles. The summed E-state index contributed by atoms with van der Waals surface area (Å²) in [5.74, 6) is 0. The Morgan fingerprint density at radius 2 is 1.03 bits per heavy atom. The standard InChI is InChI=1S/C60H42N2/c1-3-18-41(19-4-1)50-27-13-15-32-56(50)61(47-36-34-42(35-37-47)55-39-43-20-7-9-26-49(43)52-29-11-12-30-53(52)55)48-25-17-22-45(38-48)59-51-28-10-8-21-44(51)40-58-60(59)54-31-14-16-33-57(54)62(58)46-23-5-2-6-24-46/h1-37,39-40,48H,38H2. The fraction of sp³-hybridized carbons (Fsp3) is 0.0333. The van der Waals surface area contributed by atoms with Gasteiger partial charge in [-0.2, -0.15) is 0 Å². The second-order valence-corrected chi connectivity index (χ2v) is 16.4.